The molecule has 0 saturated carbocycles. The summed E-state index contributed by atoms with van der Waals surface area (Å²) in [4.78, 5) is -0.00604. The zero-order chi connectivity index (χ0) is 14.9. The zero-order valence-corrected chi connectivity index (χ0v) is 13.6. The van der Waals surface area contributed by atoms with E-state index in [1.54, 1.807) is 0 Å². The van der Waals surface area contributed by atoms with Crippen molar-refractivity contribution in [2.45, 2.75) is 18.2 Å². The first-order chi connectivity index (χ1) is 9.41. The third kappa shape index (κ3) is 3.31. The van der Waals surface area contributed by atoms with Gasteiger partial charge in [-0.2, -0.15) is 4.31 Å². The lowest BCUT2D eigenvalue weighted by Gasteiger charge is -2.18. The normalized spacial score (nSPS) is 19.3. The number of methoxy groups -OCH3 is 1. The van der Waals surface area contributed by atoms with Crippen LogP contribution in [0.2, 0.25) is 0 Å². The van der Waals surface area contributed by atoms with Gasteiger partial charge >= 0.3 is 0 Å². The Bertz CT molecular complexity index is 610. The van der Waals surface area contributed by atoms with Gasteiger partial charge < -0.3 is 10.5 Å². The van der Waals surface area contributed by atoms with Gasteiger partial charge in [0.2, 0.25) is 10.0 Å². The van der Waals surface area contributed by atoms with Crippen molar-refractivity contribution < 1.29 is 17.5 Å². The summed E-state index contributed by atoms with van der Waals surface area (Å²) in [5, 5.41) is 0. The number of rotatable bonds is 4. The minimum atomic E-state index is -3.68. The Hall–Kier alpha value is -0.890. The quantitative estimate of drug-likeness (QED) is 0.903. The van der Waals surface area contributed by atoms with Crippen LogP contribution in [0.4, 0.5) is 4.39 Å². The lowest BCUT2D eigenvalue weighted by atomic mass is 10.1. The molecule has 2 N–H and O–H groups in total. The maximum absolute atomic E-state index is 14.0. The van der Waals surface area contributed by atoms with E-state index in [-0.39, 0.29) is 34.5 Å². The fraction of sp³-hybridized carbons (Fsp3) is 0.538. The number of nitrogens with zero attached hydrogens (tertiary/aromatic N) is 1. The summed E-state index contributed by atoms with van der Waals surface area (Å²) in [7, 11) is -2.33. The van der Waals surface area contributed by atoms with Crippen molar-refractivity contribution in [2.75, 3.05) is 26.7 Å². The molecule has 2 rings (SSSR count). The first-order valence-electron chi connectivity index (χ1n) is 6.45. The summed E-state index contributed by atoms with van der Waals surface area (Å²) >= 11 is 0. The van der Waals surface area contributed by atoms with E-state index in [1.807, 2.05) is 0 Å². The van der Waals surface area contributed by atoms with Crippen LogP contribution in [0.1, 0.15) is 12.0 Å². The predicted molar refractivity (Wildman–Crippen MR) is 80.9 cm³/mol. The number of hydrogen-bond acceptors (Lipinski definition) is 4. The molecule has 21 heavy (non-hydrogen) atoms. The van der Waals surface area contributed by atoms with Crippen molar-refractivity contribution in [3.63, 3.8) is 0 Å². The van der Waals surface area contributed by atoms with E-state index in [9.17, 15) is 12.8 Å². The molecule has 0 aromatic heterocycles. The summed E-state index contributed by atoms with van der Waals surface area (Å²) in [6, 6.07) is 2.73. The molecule has 8 heteroatoms. The van der Waals surface area contributed by atoms with Gasteiger partial charge in [-0.1, -0.05) is 0 Å². The number of ether oxygens (including phenoxy) is 1. The molecule has 1 aromatic carbocycles. The number of benzene rings is 1. The third-order valence-corrected chi connectivity index (χ3v) is 5.73. The standard InChI is InChI=1S/C13H19FN2O3S.ClH/c1-9-12(4-3-11(19-2)13(9)14)20(17,18)16-6-5-10(7-15)8-16;/h3-4,10H,5-8,15H2,1-2H3;1H. The van der Waals surface area contributed by atoms with E-state index < -0.39 is 15.8 Å². The fourth-order valence-electron chi connectivity index (χ4n) is 2.43. The molecular formula is C13H20ClFN2O3S. The molecule has 0 aliphatic carbocycles. The van der Waals surface area contributed by atoms with Crippen LogP contribution in [0.5, 0.6) is 5.75 Å². The summed E-state index contributed by atoms with van der Waals surface area (Å²) in [5.41, 5.74) is 5.66. The minimum Gasteiger partial charge on any atom is -0.494 e. The third-order valence-electron chi connectivity index (χ3n) is 3.72. The van der Waals surface area contributed by atoms with Crippen molar-refractivity contribution in [3.8, 4) is 5.75 Å². The Labute approximate surface area is 130 Å². The van der Waals surface area contributed by atoms with Crippen molar-refractivity contribution in [1.82, 2.24) is 4.31 Å². The molecule has 1 unspecified atom stereocenters. The molecule has 0 radical (unpaired) electrons. The smallest absolute Gasteiger partial charge is 0.243 e. The van der Waals surface area contributed by atoms with E-state index in [4.69, 9.17) is 10.5 Å². The highest BCUT2D eigenvalue weighted by molar-refractivity contribution is 7.89. The Kier molecular flexibility index (Phi) is 5.98. The van der Waals surface area contributed by atoms with Crippen LogP contribution in [0, 0.1) is 18.7 Å². The van der Waals surface area contributed by atoms with Crippen molar-refractivity contribution in [3.05, 3.63) is 23.5 Å². The molecule has 1 heterocycles. The number of nitrogens with two attached hydrogens (primary N) is 1. The zero-order valence-electron chi connectivity index (χ0n) is 12.0. The van der Waals surface area contributed by atoms with Crippen molar-refractivity contribution >= 4 is 22.4 Å². The molecule has 1 atom stereocenters. The molecule has 1 saturated heterocycles. The second kappa shape index (κ2) is 6.91. The maximum Gasteiger partial charge on any atom is 0.243 e. The Morgan fingerprint density at radius 2 is 2.14 bits per heavy atom. The molecule has 0 bridgehead atoms. The van der Waals surface area contributed by atoms with Crippen LogP contribution in [0.3, 0.4) is 0 Å². The molecular weight excluding hydrogens is 319 g/mol. The van der Waals surface area contributed by atoms with E-state index in [0.717, 1.165) is 6.42 Å². The highest BCUT2D eigenvalue weighted by Gasteiger charge is 2.33. The van der Waals surface area contributed by atoms with E-state index in [1.165, 1.54) is 30.5 Å². The van der Waals surface area contributed by atoms with Gasteiger partial charge in [-0.25, -0.2) is 12.8 Å². The predicted octanol–water partition coefficient (Wildman–Crippen LogP) is 1.53. The van der Waals surface area contributed by atoms with Gasteiger partial charge in [0.1, 0.15) is 0 Å². The minimum absolute atomic E-state index is 0. The maximum atomic E-state index is 14.0. The highest BCUT2D eigenvalue weighted by atomic mass is 35.5. The number of halogens is 2. The Morgan fingerprint density at radius 3 is 2.67 bits per heavy atom. The number of sulfonamides is 1. The van der Waals surface area contributed by atoms with Gasteiger partial charge in [-0.3, -0.25) is 0 Å². The molecule has 1 aliphatic heterocycles. The Balaban J connectivity index is 0.00000220. The second-order valence-corrected chi connectivity index (χ2v) is 6.86. The topological polar surface area (TPSA) is 72.6 Å². The molecule has 0 amide bonds. The van der Waals surface area contributed by atoms with Gasteiger partial charge in [-0.15, -0.1) is 12.4 Å². The van der Waals surface area contributed by atoms with Crippen LogP contribution in [-0.4, -0.2) is 39.5 Å². The molecule has 120 valence electrons. The second-order valence-electron chi connectivity index (χ2n) is 4.96. The highest BCUT2D eigenvalue weighted by Crippen LogP contribution is 2.30. The average Bonchev–Trinajstić information content (AvgIpc) is 2.91. The van der Waals surface area contributed by atoms with E-state index >= 15 is 0 Å². The molecule has 5 nitrogen and oxygen atoms in total. The van der Waals surface area contributed by atoms with Crippen LogP contribution >= 0.6 is 12.4 Å². The first kappa shape index (κ1) is 18.2. The van der Waals surface area contributed by atoms with Crippen molar-refractivity contribution in [1.29, 1.82) is 0 Å². The summed E-state index contributed by atoms with van der Waals surface area (Å²) in [6.07, 6.45) is 0.743. The van der Waals surface area contributed by atoms with Gasteiger partial charge in [0.15, 0.2) is 11.6 Å². The van der Waals surface area contributed by atoms with Crippen LogP contribution in [0.15, 0.2) is 17.0 Å². The monoisotopic (exact) mass is 338 g/mol. The van der Waals surface area contributed by atoms with Crippen molar-refractivity contribution in [2.24, 2.45) is 11.7 Å². The van der Waals surface area contributed by atoms with Gasteiger partial charge in [0.05, 0.1) is 12.0 Å². The summed E-state index contributed by atoms with van der Waals surface area (Å²) in [6.45, 7) is 2.73. The van der Waals surface area contributed by atoms with Gasteiger partial charge in [-0.05, 0) is 37.9 Å². The fourth-order valence-corrected chi connectivity index (χ4v) is 4.17. The lowest BCUT2D eigenvalue weighted by molar-refractivity contribution is 0.383. The van der Waals surface area contributed by atoms with E-state index in [0.29, 0.717) is 19.6 Å². The average molecular weight is 339 g/mol. The summed E-state index contributed by atoms with van der Waals surface area (Å²) in [5.74, 6) is -0.418. The van der Waals surface area contributed by atoms with Gasteiger partial charge in [0, 0.05) is 18.7 Å². The van der Waals surface area contributed by atoms with Crippen LogP contribution < -0.4 is 10.5 Å². The largest absolute Gasteiger partial charge is 0.494 e. The Morgan fingerprint density at radius 1 is 1.48 bits per heavy atom. The first-order valence-corrected chi connectivity index (χ1v) is 7.89. The molecule has 0 spiro atoms. The van der Waals surface area contributed by atoms with Gasteiger partial charge in [0.25, 0.3) is 0 Å². The molecule has 1 fully saturated rings. The molecule has 1 aromatic rings. The molecule has 1 aliphatic rings. The SMILES string of the molecule is COc1ccc(S(=O)(=O)N2CCC(CN)C2)c(C)c1F.Cl. The lowest BCUT2D eigenvalue weighted by Crippen LogP contribution is -2.30. The van der Waals surface area contributed by atoms with Crippen LogP contribution in [-0.2, 0) is 10.0 Å². The van der Waals surface area contributed by atoms with E-state index in [2.05, 4.69) is 0 Å². The number of hydrogen-bond donors (Lipinski definition) is 1. The van der Waals surface area contributed by atoms with Crippen LogP contribution in [0.25, 0.3) is 0 Å². The summed E-state index contributed by atoms with van der Waals surface area (Å²) < 4.78 is 45.3.